The summed E-state index contributed by atoms with van der Waals surface area (Å²) in [6.07, 6.45) is 0.270. The lowest BCUT2D eigenvalue weighted by Gasteiger charge is -2.35. The molecule has 0 bridgehead atoms. The first-order valence-corrected chi connectivity index (χ1v) is 10.9. The van der Waals surface area contributed by atoms with Crippen LogP contribution in [0.3, 0.4) is 0 Å². The van der Waals surface area contributed by atoms with E-state index in [-0.39, 0.29) is 17.9 Å². The van der Waals surface area contributed by atoms with Gasteiger partial charge in [0.15, 0.2) is 0 Å². The van der Waals surface area contributed by atoms with Gasteiger partial charge in [-0.3, -0.25) is 4.79 Å². The van der Waals surface area contributed by atoms with Gasteiger partial charge in [0.25, 0.3) is 0 Å². The number of amides is 1. The van der Waals surface area contributed by atoms with Gasteiger partial charge in [-0.25, -0.2) is 8.42 Å². The Kier molecular flexibility index (Phi) is 5.36. The Morgan fingerprint density at radius 1 is 0.967 bits per heavy atom. The first kappa shape index (κ1) is 19.8. The van der Waals surface area contributed by atoms with E-state index >= 15 is 0 Å². The highest BCUT2D eigenvalue weighted by Crippen LogP contribution is 2.29. The third-order valence-electron chi connectivity index (χ3n) is 5.12. The second-order valence-electron chi connectivity index (χ2n) is 7.03. The van der Waals surface area contributed by atoms with E-state index in [2.05, 4.69) is 5.32 Å². The zero-order valence-electron chi connectivity index (χ0n) is 16.0. The molecule has 0 aliphatic carbocycles. The van der Waals surface area contributed by atoms with Crippen molar-refractivity contribution >= 4 is 21.6 Å². The monoisotopic (exact) mass is 417 g/mol. The third kappa shape index (κ3) is 3.83. The van der Waals surface area contributed by atoms with Crippen LogP contribution in [0.4, 0.5) is 5.69 Å². The fourth-order valence-corrected chi connectivity index (χ4v) is 5.18. The summed E-state index contributed by atoms with van der Waals surface area (Å²) < 4.78 is 28.0. The summed E-state index contributed by atoms with van der Waals surface area (Å²) in [5, 5.41) is 11.9. The van der Waals surface area contributed by atoms with Crippen molar-refractivity contribution < 1.29 is 13.2 Å². The van der Waals surface area contributed by atoms with Gasteiger partial charge in [0.2, 0.25) is 15.9 Å². The molecule has 4 rings (SSSR count). The van der Waals surface area contributed by atoms with Crippen LogP contribution in [-0.2, 0) is 27.8 Å². The standard InChI is InChI=1S/C23H19N3O3S/c24-15-17-7-6-10-20(13-17)25-23(27)22-14-18-8-4-5-9-19(18)16-26(22)30(28,29)21-11-2-1-3-12-21/h1-13,22H,14,16H2,(H,25,27)/t22-/m1/s1. The maximum absolute atomic E-state index is 13.4. The lowest BCUT2D eigenvalue weighted by atomic mass is 9.95. The fraction of sp³-hybridized carbons (Fsp3) is 0.130. The van der Waals surface area contributed by atoms with Crippen molar-refractivity contribution in [2.75, 3.05) is 5.32 Å². The van der Waals surface area contributed by atoms with Gasteiger partial charge in [0.05, 0.1) is 16.5 Å². The first-order chi connectivity index (χ1) is 14.5. The van der Waals surface area contributed by atoms with Crippen molar-refractivity contribution in [1.82, 2.24) is 4.31 Å². The Balaban J connectivity index is 1.71. The van der Waals surface area contributed by atoms with E-state index in [0.29, 0.717) is 11.3 Å². The maximum atomic E-state index is 13.4. The number of sulfonamides is 1. The normalized spacial score (nSPS) is 16.3. The molecule has 1 aliphatic rings. The number of nitriles is 1. The Labute approximate surface area is 175 Å². The Morgan fingerprint density at radius 3 is 2.40 bits per heavy atom. The number of rotatable bonds is 4. The van der Waals surface area contributed by atoms with Crippen molar-refractivity contribution in [3.05, 3.63) is 95.6 Å². The minimum absolute atomic E-state index is 0.115. The molecule has 3 aromatic rings. The summed E-state index contributed by atoms with van der Waals surface area (Å²) >= 11 is 0. The molecule has 150 valence electrons. The first-order valence-electron chi connectivity index (χ1n) is 9.44. The molecule has 0 radical (unpaired) electrons. The van der Waals surface area contributed by atoms with Gasteiger partial charge in [0.1, 0.15) is 6.04 Å². The number of carbonyl (C=O) groups is 1. The summed E-state index contributed by atoms with van der Waals surface area (Å²) in [7, 11) is -3.88. The molecule has 1 amide bonds. The maximum Gasteiger partial charge on any atom is 0.244 e. The van der Waals surface area contributed by atoms with Gasteiger partial charge in [-0.1, -0.05) is 48.5 Å². The highest BCUT2D eigenvalue weighted by Gasteiger charge is 2.39. The second kappa shape index (κ2) is 8.11. The number of nitrogens with one attached hydrogen (secondary N) is 1. The predicted molar refractivity (Wildman–Crippen MR) is 113 cm³/mol. The van der Waals surface area contributed by atoms with Crippen LogP contribution in [-0.4, -0.2) is 24.7 Å². The molecule has 0 saturated heterocycles. The number of nitrogens with zero attached hydrogens (tertiary/aromatic N) is 2. The molecule has 0 fully saturated rings. The van der Waals surface area contributed by atoms with E-state index in [9.17, 15) is 13.2 Å². The van der Waals surface area contributed by atoms with Crippen molar-refractivity contribution in [2.45, 2.75) is 23.9 Å². The van der Waals surface area contributed by atoms with E-state index < -0.39 is 22.0 Å². The number of carbonyl (C=O) groups excluding carboxylic acids is 1. The highest BCUT2D eigenvalue weighted by molar-refractivity contribution is 7.89. The molecule has 1 atom stereocenters. The summed E-state index contributed by atoms with van der Waals surface area (Å²) in [6, 6.07) is 23.3. The van der Waals surface area contributed by atoms with E-state index in [1.807, 2.05) is 30.3 Å². The number of hydrogen-bond donors (Lipinski definition) is 1. The van der Waals surface area contributed by atoms with Crippen LogP contribution in [0.1, 0.15) is 16.7 Å². The highest BCUT2D eigenvalue weighted by atomic mass is 32.2. The lowest BCUT2D eigenvalue weighted by molar-refractivity contribution is -0.120. The second-order valence-corrected chi connectivity index (χ2v) is 8.92. The summed E-state index contributed by atoms with van der Waals surface area (Å²) in [5.41, 5.74) is 2.70. The molecular weight excluding hydrogens is 398 g/mol. The summed E-state index contributed by atoms with van der Waals surface area (Å²) in [6.45, 7) is 0.115. The van der Waals surface area contributed by atoms with Crippen molar-refractivity contribution in [1.29, 1.82) is 5.26 Å². The molecular formula is C23H19N3O3S. The Morgan fingerprint density at radius 2 is 1.67 bits per heavy atom. The average Bonchev–Trinajstić information content (AvgIpc) is 2.79. The van der Waals surface area contributed by atoms with Crippen LogP contribution in [0.25, 0.3) is 0 Å². The topological polar surface area (TPSA) is 90.3 Å². The van der Waals surface area contributed by atoms with Crippen molar-refractivity contribution in [3.8, 4) is 6.07 Å². The zero-order valence-corrected chi connectivity index (χ0v) is 16.8. The number of anilines is 1. The van der Waals surface area contributed by atoms with Crippen LogP contribution in [0.15, 0.2) is 83.8 Å². The van der Waals surface area contributed by atoms with Crippen LogP contribution < -0.4 is 5.32 Å². The fourth-order valence-electron chi connectivity index (χ4n) is 3.59. The van der Waals surface area contributed by atoms with Gasteiger partial charge in [0, 0.05) is 12.2 Å². The predicted octanol–water partition coefficient (Wildman–Crippen LogP) is 3.31. The van der Waals surface area contributed by atoms with E-state index in [0.717, 1.165) is 11.1 Å². The quantitative estimate of drug-likeness (QED) is 0.705. The average molecular weight is 417 g/mol. The van der Waals surface area contributed by atoms with Gasteiger partial charge >= 0.3 is 0 Å². The minimum Gasteiger partial charge on any atom is -0.325 e. The van der Waals surface area contributed by atoms with Crippen LogP contribution >= 0.6 is 0 Å². The molecule has 3 aromatic carbocycles. The van der Waals surface area contributed by atoms with Gasteiger partial charge in [-0.15, -0.1) is 0 Å². The molecule has 1 N–H and O–H groups in total. The molecule has 7 heteroatoms. The van der Waals surface area contributed by atoms with E-state index in [4.69, 9.17) is 5.26 Å². The lowest BCUT2D eigenvalue weighted by Crippen LogP contribution is -2.50. The van der Waals surface area contributed by atoms with Gasteiger partial charge in [-0.05, 0) is 47.9 Å². The third-order valence-corrected chi connectivity index (χ3v) is 6.99. The molecule has 1 heterocycles. The molecule has 0 saturated carbocycles. The van der Waals surface area contributed by atoms with Crippen LogP contribution in [0, 0.1) is 11.3 Å². The SMILES string of the molecule is N#Cc1cccc(NC(=O)[C@H]2Cc3ccccc3CN2S(=O)(=O)c2ccccc2)c1. The smallest absolute Gasteiger partial charge is 0.244 e. The van der Waals surface area contributed by atoms with Crippen molar-refractivity contribution in [2.24, 2.45) is 0 Å². The number of fused-ring (bicyclic) bond motifs is 1. The van der Waals surface area contributed by atoms with Crippen LogP contribution in [0.5, 0.6) is 0 Å². The van der Waals surface area contributed by atoms with Gasteiger partial charge < -0.3 is 5.32 Å². The molecule has 0 aromatic heterocycles. The number of benzene rings is 3. The summed E-state index contributed by atoms with van der Waals surface area (Å²) in [5.74, 6) is -0.431. The Bertz CT molecular complexity index is 1230. The molecule has 0 spiro atoms. The molecule has 30 heavy (non-hydrogen) atoms. The van der Waals surface area contributed by atoms with Crippen LogP contribution in [0.2, 0.25) is 0 Å². The van der Waals surface area contributed by atoms with E-state index in [1.54, 1.807) is 42.5 Å². The zero-order chi connectivity index (χ0) is 21.1. The Hall–Kier alpha value is -3.47. The molecule has 1 aliphatic heterocycles. The van der Waals surface area contributed by atoms with Gasteiger partial charge in [-0.2, -0.15) is 9.57 Å². The summed E-state index contributed by atoms with van der Waals surface area (Å²) in [4.78, 5) is 13.3. The molecule has 0 unspecified atom stereocenters. The number of hydrogen-bond acceptors (Lipinski definition) is 4. The molecule has 6 nitrogen and oxygen atoms in total. The van der Waals surface area contributed by atoms with E-state index in [1.165, 1.54) is 16.4 Å². The minimum atomic E-state index is -3.88. The van der Waals surface area contributed by atoms with Crippen molar-refractivity contribution in [3.63, 3.8) is 0 Å². The largest absolute Gasteiger partial charge is 0.325 e.